The number of carbonyl (C=O) groups excluding carboxylic acids is 2. The summed E-state index contributed by atoms with van der Waals surface area (Å²) in [4.78, 5) is 36.8. The Morgan fingerprint density at radius 1 is 1.33 bits per heavy atom. The van der Waals surface area contributed by atoms with Crippen molar-refractivity contribution in [2.24, 2.45) is 5.73 Å². The van der Waals surface area contributed by atoms with Crippen molar-refractivity contribution < 1.29 is 22.8 Å². The lowest BCUT2D eigenvalue weighted by molar-refractivity contribution is -0.142. The van der Waals surface area contributed by atoms with Gasteiger partial charge in [-0.25, -0.2) is 0 Å². The quantitative estimate of drug-likeness (QED) is 0.878. The van der Waals surface area contributed by atoms with E-state index in [9.17, 15) is 27.6 Å². The molecule has 24 heavy (non-hydrogen) atoms. The molecule has 132 valence electrons. The fourth-order valence-electron chi connectivity index (χ4n) is 2.63. The van der Waals surface area contributed by atoms with E-state index >= 15 is 0 Å². The first-order valence-corrected chi connectivity index (χ1v) is 7.55. The van der Waals surface area contributed by atoms with Gasteiger partial charge in [-0.05, 0) is 25.3 Å². The van der Waals surface area contributed by atoms with Crippen LogP contribution in [0.3, 0.4) is 0 Å². The van der Waals surface area contributed by atoms with Crippen molar-refractivity contribution >= 4 is 23.4 Å². The van der Waals surface area contributed by atoms with Gasteiger partial charge in [-0.3, -0.25) is 14.4 Å². The van der Waals surface area contributed by atoms with Crippen molar-refractivity contribution in [2.45, 2.75) is 38.0 Å². The maximum Gasteiger partial charge on any atom is 0.417 e. The molecule has 1 aliphatic heterocycles. The Labute approximate surface area is 140 Å². The first-order chi connectivity index (χ1) is 11.1. The summed E-state index contributed by atoms with van der Waals surface area (Å²) in [5.41, 5.74) is 3.21. The van der Waals surface area contributed by atoms with Crippen molar-refractivity contribution in [1.82, 2.24) is 9.47 Å². The number of alkyl halides is 3. The van der Waals surface area contributed by atoms with Crippen LogP contribution in [0.5, 0.6) is 0 Å². The normalized spacial score (nSPS) is 18.5. The van der Waals surface area contributed by atoms with Gasteiger partial charge < -0.3 is 15.2 Å². The summed E-state index contributed by atoms with van der Waals surface area (Å²) >= 11 is 5.54. The molecular formula is C14H15ClF3N3O3. The van der Waals surface area contributed by atoms with Crippen LogP contribution in [0.25, 0.3) is 0 Å². The van der Waals surface area contributed by atoms with Crippen molar-refractivity contribution in [3.63, 3.8) is 0 Å². The van der Waals surface area contributed by atoms with Gasteiger partial charge in [-0.15, -0.1) is 0 Å². The molecule has 0 unspecified atom stereocenters. The first kappa shape index (κ1) is 18.3. The molecular weight excluding hydrogens is 351 g/mol. The molecule has 1 aromatic rings. The molecule has 0 bridgehead atoms. The molecule has 0 radical (unpaired) electrons. The molecule has 0 aromatic carbocycles. The van der Waals surface area contributed by atoms with Gasteiger partial charge in [0.2, 0.25) is 11.8 Å². The minimum Gasteiger partial charge on any atom is -0.368 e. The fraction of sp³-hybridized carbons (Fsp3) is 0.500. The number of piperidine rings is 1. The summed E-state index contributed by atoms with van der Waals surface area (Å²) in [6, 6.07) is -0.305. The van der Waals surface area contributed by atoms with Gasteiger partial charge in [-0.1, -0.05) is 11.6 Å². The number of aromatic nitrogens is 1. The Balaban J connectivity index is 2.30. The van der Waals surface area contributed by atoms with Crippen LogP contribution in [0, 0.1) is 0 Å². The van der Waals surface area contributed by atoms with E-state index in [0.29, 0.717) is 36.1 Å². The molecule has 2 amide bonds. The number of likely N-dealkylation sites (tertiary alicyclic amines) is 1. The highest BCUT2D eigenvalue weighted by Gasteiger charge is 2.34. The summed E-state index contributed by atoms with van der Waals surface area (Å²) in [6.45, 7) is -0.389. The molecule has 1 aromatic heterocycles. The van der Waals surface area contributed by atoms with E-state index in [2.05, 4.69) is 0 Å². The minimum absolute atomic E-state index is 0.258. The second-order valence-electron chi connectivity index (χ2n) is 5.51. The molecule has 10 heteroatoms. The highest BCUT2D eigenvalue weighted by Crippen LogP contribution is 2.29. The van der Waals surface area contributed by atoms with E-state index in [1.807, 2.05) is 0 Å². The van der Waals surface area contributed by atoms with Crippen LogP contribution in [0.15, 0.2) is 17.1 Å². The number of nitrogens with zero attached hydrogens (tertiary/aromatic N) is 2. The van der Waals surface area contributed by atoms with Gasteiger partial charge in [-0.2, -0.15) is 13.2 Å². The number of hydrogen-bond acceptors (Lipinski definition) is 3. The smallest absolute Gasteiger partial charge is 0.368 e. The molecule has 6 nitrogen and oxygen atoms in total. The maximum absolute atomic E-state index is 12.8. The van der Waals surface area contributed by atoms with Gasteiger partial charge >= 0.3 is 6.18 Å². The number of primary amides is 1. The summed E-state index contributed by atoms with van der Waals surface area (Å²) in [5, 5.41) is -0.636. The largest absolute Gasteiger partial charge is 0.417 e. The Morgan fingerprint density at radius 2 is 2.00 bits per heavy atom. The summed E-state index contributed by atoms with van der Waals surface area (Å²) < 4.78 is 39.0. The van der Waals surface area contributed by atoms with Crippen LogP contribution in [0.4, 0.5) is 13.2 Å². The number of carbonyl (C=O) groups is 2. The molecule has 2 rings (SSSR count). The molecule has 1 fully saturated rings. The van der Waals surface area contributed by atoms with Crippen LogP contribution in [-0.4, -0.2) is 33.9 Å². The van der Waals surface area contributed by atoms with Gasteiger partial charge in [0, 0.05) is 12.7 Å². The van der Waals surface area contributed by atoms with Crippen molar-refractivity contribution in [3.05, 3.63) is 33.2 Å². The highest BCUT2D eigenvalue weighted by molar-refractivity contribution is 6.30. The summed E-state index contributed by atoms with van der Waals surface area (Å²) in [5.74, 6) is -1.34. The molecule has 2 heterocycles. The number of pyridine rings is 1. The Bertz CT molecular complexity index is 717. The topological polar surface area (TPSA) is 85.4 Å². The van der Waals surface area contributed by atoms with Crippen molar-refractivity contribution in [2.75, 3.05) is 6.54 Å². The minimum atomic E-state index is -4.71. The second-order valence-corrected chi connectivity index (χ2v) is 5.92. The molecule has 1 saturated heterocycles. The predicted molar refractivity (Wildman–Crippen MR) is 79.3 cm³/mol. The van der Waals surface area contributed by atoms with E-state index in [0.717, 1.165) is 0 Å². The van der Waals surface area contributed by atoms with E-state index < -0.39 is 46.7 Å². The van der Waals surface area contributed by atoms with Crippen LogP contribution < -0.4 is 11.3 Å². The van der Waals surface area contributed by atoms with Crippen LogP contribution in [0.2, 0.25) is 5.02 Å². The number of nitrogens with two attached hydrogens (primary N) is 1. The Hall–Kier alpha value is -2.03. The van der Waals surface area contributed by atoms with E-state index in [4.69, 9.17) is 17.3 Å². The zero-order valence-electron chi connectivity index (χ0n) is 12.5. The number of amides is 2. The molecule has 1 aliphatic rings. The van der Waals surface area contributed by atoms with E-state index in [-0.39, 0.29) is 6.54 Å². The van der Waals surface area contributed by atoms with Crippen LogP contribution in [-0.2, 0) is 22.3 Å². The molecule has 0 aliphatic carbocycles. The van der Waals surface area contributed by atoms with Crippen LogP contribution in [0.1, 0.15) is 24.8 Å². The maximum atomic E-state index is 12.8. The third-order valence-corrected chi connectivity index (χ3v) is 4.10. The van der Waals surface area contributed by atoms with Crippen LogP contribution >= 0.6 is 11.6 Å². The average Bonchev–Trinajstić information content (AvgIpc) is 2.50. The summed E-state index contributed by atoms with van der Waals surface area (Å²) in [6.07, 6.45) is -2.42. The first-order valence-electron chi connectivity index (χ1n) is 7.17. The third kappa shape index (κ3) is 3.89. The van der Waals surface area contributed by atoms with E-state index in [1.54, 1.807) is 0 Å². The second kappa shape index (κ2) is 6.84. The number of hydrogen-bond donors (Lipinski definition) is 1. The zero-order chi connectivity index (χ0) is 18.1. The highest BCUT2D eigenvalue weighted by atomic mass is 35.5. The SMILES string of the molecule is NC(=O)[C@@H]1CCCCN1C(=O)Cn1cc(C(F)(F)F)cc(Cl)c1=O. The number of rotatable bonds is 3. The molecule has 0 spiro atoms. The van der Waals surface area contributed by atoms with E-state index in [1.165, 1.54) is 4.90 Å². The van der Waals surface area contributed by atoms with Crippen molar-refractivity contribution in [3.8, 4) is 0 Å². The van der Waals surface area contributed by atoms with Gasteiger partial charge in [0.15, 0.2) is 0 Å². The average molecular weight is 366 g/mol. The molecule has 2 N–H and O–H groups in total. The lowest BCUT2D eigenvalue weighted by Gasteiger charge is -2.33. The Morgan fingerprint density at radius 3 is 2.58 bits per heavy atom. The van der Waals surface area contributed by atoms with Gasteiger partial charge in [0.05, 0.1) is 5.56 Å². The predicted octanol–water partition coefficient (Wildman–Crippen LogP) is 1.39. The molecule has 1 atom stereocenters. The third-order valence-electron chi connectivity index (χ3n) is 3.83. The molecule has 0 saturated carbocycles. The van der Waals surface area contributed by atoms with Gasteiger partial charge in [0.25, 0.3) is 5.56 Å². The zero-order valence-corrected chi connectivity index (χ0v) is 13.2. The number of halogens is 4. The fourth-order valence-corrected chi connectivity index (χ4v) is 2.86. The van der Waals surface area contributed by atoms with Gasteiger partial charge in [0.1, 0.15) is 17.6 Å². The lowest BCUT2D eigenvalue weighted by atomic mass is 10.0. The standard InChI is InChI=1S/C14H15ClF3N3O3/c15-9-5-8(14(16,17)18)6-20(13(9)24)7-11(22)21-4-2-1-3-10(21)12(19)23/h5-6,10H,1-4,7H2,(H2,19,23)/t10-/m0/s1. The van der Waals surface area contributed by atoms with Crippen molar-refractivity contribution in [1.29, 1.82) is 0 Å². The summed E-state index contributed by atoms with van der Waals surface area (Å²) in [7, 11) is 0. The Kier molecular flexibility index (Phi) is 5.22. The lowest BCUT2D eigenvalue weighted by Crippen LogP contribution is -2.51. The monoisotopic (exact) mass is 365 g/mol.